The average Bonchev–Trinajstić information content (AvgIpc) is 2.25. The third-order valence-corrected chi connectivity index (χ3v) is 1.76. The van der Waals surface area contributed by atoms with Gasteiger partial charge in [-0.1, -0.05) is 6.07 Å². The van der Waals surface area contributed by atoms with Crippen molar-refractivity contribution in [1.82, 2.24) is 4.98 Å². The highest BCUT2D eigenvalue weighted by molar-refractivity contribution is 5.36. The molecule has 0 saturated carbocycles. The molecule has 0 spiro atoms. The van der Waals surface area contributed by atoms with Gasteiger partial charge in [-0.3, -0.25) is 0 Å². The summed E-state index contributed by atoms with van der Waals surface area (Å²) < 4.78 is 9.95. The minimum atomic E-state index is 0.627. The van der Waals surface area contributed by atoms with Gasteiger partial charge in [0.05, 0.1) is 7.11 Å². The molecule has 4 heteroatoms. The van der Waals surface area contributed by atoms with Crippen LogP contribution in [-0.4, -0.2) is 32.4 Å². The van der Waals surface area contributed by atoms with Gasteiger partial charge in [-0.05, 0) is 12.5 Å². The minimum absolute atomic E-state index is 0.627. The largest absolute Gasteiger partial charge is 0.481 e. The zero-order valence-electron chi connectivity index (χ0n) is 8.62. The van der Waals surface area contributed by atoms with Crippen LogP contribution in [0.15, 0.2) is 18.2 Å². The van der Waals surface area contributed by atoms with Gasteiger partial charge in [-0.15, -0.1) is 0 Å². The van der Waals surface area contributed by atoms with Gasteiger partial charge in [0.1, 0.15) is 5.82 Å². The monoisotopic (exact) mass is 196 g/mol. The van der Waals surface area contributed by atoms with Gasteiger partial charge in [-0.2, -0.15) is 4.98 Å². The molecule has 0 bridgehead atoms. The Hall–Kier alpha value is -1.29. The average molecular weight is 196 g/mol. The van der Waals surface area contributed by atoms with Crippen molar-refractivity contribution >= 4 is 5.82 Å². The fourth-order valence-corrected chi connectivity index (χ4v) is 1.06. The Kier molecular flexibility index (Phi) is 4.78. The van der Waals surface area contributed by atoms with Crippen molar-refractivity contribution in [2.75, 3.05) is 32.7 Å². The highest BCUT2D eigenvalue weighted by Crippen LogP contribution is 2.10. The fourth-order valence-electron chi connectivity index (χ4n) is 1.06. The van der Waals surface area contributed by atoms with E-state index in [1.165, 1.54) is 0 Å². The summed E-state index contributed by atoms with van der Waals surface area (Å²) in [4.78, 5) is 4.21. The number of pyridine rings is 1. The first-order chi connectivity index (χ1) is 6.86. The third-order valence-electron chi connectivity index (χ3n) is 1.76. The molecule has 0 aromatic carbocycles. The van der Waals surface area contributed by atoms with E-state index in [9.17, 15) is 0 Å². The van der Waals surface area contributed by atoms with Crippen LogP contribution in [-0.2, 0) is 4.74 Å². The maximum atomic E-state index is 5.01. The predicted molar refractivity (Wildman–Crippen MR) is 55.8 cm³/mol. The molecule has 0 unspecified atom stereocenters. The lowest BCUT2D eigenvalue weighted by atomic mass is 10.4. The van der Waals surface area contributed by atoms with Gasteiger partial charge in [-0.25, -0.2) is 0 Å². The highest BCUT2D eigenvalue weighted by Gasteiger charge is 1.95. The molecule has 1 N–H and O–H groups in total. The van der Waals surface area contributed by atoms with E-state index in [0.29, 0.717) is 5.88 Å². The first-order valence-corrected chi connectivity index (χ1v) is 4.60. The molecule has 0 radical (unpaired) electrons. The lowest BCUT2D eigenvalue weighted by Gasteiger charge is -2.06. The summed E-state index contributed by atoms with van der Waals surface area (Å²) in [5.41, 5.74) is 0. The topological polar surface area (TPSA) is 43.4 Å². The van der Waals surface area contributed by atoms with Crippen LogP contribution in [0, 0.1) is 0 Å². The van der Waals surface area contributed by atoms with Crippen LogP contribution in [0.1, 0.15) is 6.42 Å². The van der Waals surface area contributed by atoms with E-state index in [4.69, 9.17) is 9.47 Å². The van der Waals surface area contributed by atoms with E-state index in [0.717, 1.165) is 25.4 Å². The Morgan fingerprint density at radius 3 is 2.93 bits per heavy atom. The number of anilines is 1. The van der Waals surface area contributed by atoms with Gasteiger partial charge in [0.25, 0.3) is 0 Å². The Morgan fingerprint density at radius 1 is 1.36 bits per heavy atom. The van der Waals surface area contributed by atoms with E-state index < -0.39 is 0 Å². The smallest absolute Gasteiger partial charge is 0.214 e. The number of ether oxygens (including phenoxy) is 2. The fraction of sp³-hybridized carbons (Fsp3) is 0.500. The van der Waals surface area contributed by atoms with Crippen molar-refractivity contribution in [1.29, 1.82) is 0 Å². The van der Waals surface area contributed by atoms with Crippen molar-refractivity contribution in [3.05, 3.63) is 18.2 Å². The van der Waals surface area contributed by atoms with Crippen LogP contribution in [0.5, 0.6) is 5.88 Å². The van der Waals surface area contributed by atoms with Crippen molar-refractivity contribution in [3.8, 4) is 5.88 Å². The van der Waals surface area contributed by atoms with Crippen LogP contribution in [0.4, 0.5) is 5.82 Å². The molecule has 0 fully saturated rings. The molecule has 78 valence electrons. The highest BCUT2D eigenvalue weighted by atomic mass is 16.5. The van der Waals surface area contributed by atoms with E-state index in [-0.39, 0.29) is 0 Å². The van der Waals surface area contributed by atoms with Crippen molar-refractivity contribution in [3.63, 3.8) is 0 Å². The molecule has 1 heterocycles. The summed E-state index contributed by atoms with van der Waals surface area (Å²) in [5, 5.41) is 3.18. The van der Waals surface area contributed by atoms with Gasteiger partial charge >= 0.3 is 0 Å². The molecular weight excluding hydrogens is 180 g/mol. The standard InChI is InChI=1S/C10H16N2O2/c1-13-8-4-7-11-9-5-3-6-10(12-9)14-2/h3,5-6H,4,7-8H2,1-2H3,(H,11,12). The number of hydrogen-bond acceptors (Lipinski definition) is 4. The number of nitrogens with zero attached hydrogens (tertiary/aromatic N) is 1. The van der Waals surface area contributed by atoms with Crippen molar-refractivity contribution in [2.45, 2.75) is 6.42 Å². The molecule has 14 heavy (non-hydrogen) atoms. The van der Waals surface area contributed by atoms with Gasteiger partial charge in [0.15, 0.2) is 0 Å². The predicted octanol–water partition coefficient (Wildman–Crippen LogP) is 1.54. The van der Waals surface area contributed by atoms with Crippen LogP contribution in [0.25, 0.3) is 0 Å². The molecule has 0 aliphatic carbocycles. The molecule has 0 amide bonds. The summed E-state index contributed by atoms with van der Waals surface area (Å²) in [6.07, 6.45) is 0.968. The van der Waals surface area contributed by atoms with Crippen LogP contribution >= 0.6 is 0 Å². The quantitative estimate of drug-likeness (QED) is 0.701. The van der Waals surface area contributed by atoms with Crippen LogP contribution < -0.4 is 10.1 Å². The molecular formula is C10H16N2O2. The summed E-state index contributed by atoms with van der Waals surface area (Å²) in [6.45, 7) is 1.62. The second-order valence-corrected chi connectivity index (χ2v) is 2.84. The number of methoxy groups -OCH3 is 2. The molecule has 0 aliphatic heterocycles. The molecule has 0 atom stereocenters. The molecule has 1 aromatic heterocycles. The molecule has 4 nitrogen and oxygen atoms in total. The van der Waals surface area contributed by atoms with Gasteiger partial charge < -0.3 is 14.8 Å². The lowest BCUT2D eigenvalue weighted by molar-refractivity contribution is 0.197. The summed E-state index contributed by atoms with van der Waals surface area (Å²) in [7, 11) is 3.31. The summed E-state index contributed by atoms with van der Waals surface area (Å²) in [5.74, 6) is 1.46. The first kappa shape index (κ1) is 10.8. The van der Waals surface area contributed by atoms with Gasteiger partial charge in [0.2, 0.25) is 5.88 Å². The van der Waals surface area contributed by atoms with Crippen molar-refractivity contribution in [2.24, 2.45) is 0 Å². The zero-order chi connectivity index (χ0) is 10.2. The second-order valence-electron chi connectivity index (χ2n) is 2.84. The Labute approximate surface area is 84.3 Å². The normalized spacial score (nSPS) is 9.86. The van der Waals surface area contributed by atoms with Gasteiger partial charge in [0, 0.05) is 26.3 Å². The first-order valence-electron chi connectivity index (χ1n) is 4.60. The SMILES string of the molecule is COCCCNc1cccc(OC)n1. The number of aromatic nitrogens is 1. The molecule has 0 aliphatic rings. The summed E-state index contributed by atoms with van der Waals surface area (Å²) >= 11 is 0. The Morgan fingerprint density at radius 2 is 2.21 bits per heavy atom. The van der Waals surface area contributed by atoms with Crippen molar-refractivity contribution < 1.29 is 9.47 Å². The van der Waals surface area contributed by atoms with Crippen LogP contribution in [0.3, 0.4) is 0 Å². The second kappa shape index (κ2) is 6.21. The Balaban J connectivity index is 2.34. The zero-order valence-corrected chi connectivity index (χ0v) is 8.62. The van der Waals surface area contributed by atoms with E-state index in [1.54, 1.807) is 14.2 Å². The van der Waals surface area contributed by atoms with E-state index in [2.05, 4.69) is 10.3 Å². The number of nitrogens with one attached hydrogen (secondary N) is 1. The molecule has 1 aromatic rings. The maximum Gasteiger partial charge on any atom is 0.214 e. The number of rotatable bonds is 6. The molecule has 0 saturated heterocycles. The van der Waals surface area contributed by atoms with E-state index >= 15 is 0 Å². The lowest BCUT2D eigenvalue weighted by Crippen LogP contribution is -2.06. The van der Waals surface area contributed by atoms with E-state index in [1.807, 2.05) is 18.2 Å². The maximum absolute atomic E-state index is 5.01. The Bertz CT molecular complexity index is 266. The third kappa shape index (κ3) is 3.62. The van der Waals surface area contributed by atoms with Crippen LogP contribution in [0.2, 0.25) is 0 Å². The summed E-state index contributed by atoms with van der Waals surface area (Å²) in [6, 6.07) is 5.64. The number of hydrogen-bond donors (Lipinski definition) is 1. The minimum Gasteiger partial charge on any atom is -0.481 e. The molecule has 1 rings (SSSR count).